The summed E-state index contributed by atoms with van der Waals surface area (Å²) >= 11 is 0. The van der Waals surface area contributed by atoms with Crippen LogP contribution in [0.25, 0.3) is 0 Å². The molecular formula is C14H11N3O. The molecule has 4 nitrogen and oxygen atoms in total. The van der Waals surface area contributed by atoms with E-state index in [1.807, 2.05) is 19.1 Å². The Hall–Kier alpha value is -2.67. The molecule has 0 bridgehead atoms. The van der Waals surface area contributed by atoms with Crippen molar-refractivity contribution in [2.24, 2.45) is 0 Å². The largest absolute Gasteiger partial charge is 0.306 e. The van der Waals surface area contributed by atoms with Crippen LogP contribution in [-0.4, -0.2) is 10.9 Å². The SMILES string of the molecule is Cc1cccnc1NC(=O)c1cccc(C#N)c1. The van der Waals surface area contributed by atoms with Crippen molar-refractivity contribution >= 4 is 11.7 Å². The number of rotatable bonds is 2. The Morgan fingerprint density at radius 3 is 2.89 bits per heavy atom. The number of hydrogen-bond donors (Lipinski definition) is 1. The molecule has 1 heterocycles. The number of amides is 1. The number of anilines is 1. The summed E-state index contributed by atoms with van der Waals surface area (Å²) in [4.78, 5) is 16.1. The van der Waals surface area contributed by atoms with Crippen molar-refractivity contribution in [2.45, 2.75) is 6.92 Å². The second-order valence-electron chi connectivity index (χ2n) is 3.82. The van der Waals surface area contributed by atoms with E-state index in [2.05, 4.69) is 10.3 Å². The van der Waals surface area contributed by atoms with Crippen molar-refractivity contribution in [3.05, 3.63) is 59.3 Å². The molecule has 0 aliphatic rings. The first kappa shape index (κ1) is 11.8. The number of aromatic nitrogens is 1. The average Bonchev–Trinajstić information content (AvgIpc) is 2.41. The van der Waals surface area contributed by atoms with Gasteiger partial charge in [-0.25, -0.2) is 4.98 Å². The highest BCUT2D eigenvalue weighted by Gasteiger charge is 2.08. The van der Waals surface area contributed by atoms with Gasteiger partial charge < -0.3 is 5.32 Å². The molecular weight excluding hydrogens is 226 g/mol. The second-order valence-corrected chi connectivity index (χ2v) is 3.82. The van der Waals surface area contributed by atoms with Crippen molar-refractivity contribution in [3.63, 3.8) is 0 Å². The van der Waals surface area contributed by atoms with Gasteiger partial charge in [0.2, 0.25) is 0 Å². The summed E-state index contributed by atoms with van der Waals surface area (Å²) in [5.41, 5.74) is 1.79. The third kappa shape index (κ3) is 2.53. The Morgan fingerprint density at radius 1 is 1.33 bits per heavy atom. The van der Waals surface area contributed by atoms with Crippen LogP contribution >= 0.6 is 0 Å². The maximum absolute atomic E-state index is 12.0. The van der Waals surface area contributed by atoms with Crippen LogP contribution in [0.4, 0.5) is 5.82 Å². The maximum Gasteiger partial charge on any atom is 0.256 e. The predicted molar refractivity (Wildman–Crippen MR) is 68.1 cm³/mol. The fraction of sp³-hybridized carbons (Fsp3) is 0.0714. The van der Waals surface area contributed by atoms with Crippen LogP contribution in [0, 0.1) is 18.3 Å². The lowest BCUT2D eigenvalue weighted by atomic mass is 10.1. The van der Waals surface area contributed by atoms with Crippen LogP contribution in [0.1, 0.15) is 21.5 Å². The van der Waals surface area contributed by atoms with E-state index in [1.165, 1.54) is 0 Å². The minimum atomic E-state index is -0.270. The zero-order valence-electron chi connectivity index (χ0n) is 9.84. The van der Waals surface area contributed by atoms with Gasteiger partial charge in [0.1, 0.15) is 5.82 Å². The zero-order valence-corrected chi connectivity index (χ0v) is 9.84. The number of benzene rings is 1. The summed E-state index contributed by atoms with van der Waals surface area (Å²) in [6.07, 6.45) is 1.62. The Kier molecular flexibility index (Phi) is 3.35. The first-order chi connectivity index (χ1) is 8.70. The molecule has 0 saturated carbocycles. The summed E-state index contributed by atoms with van der Waals surface area (Å²) in [5.74, 6) is 0.263. The highest BCUT2D eigenvalue weighted by molar-refractivity contribution is 6.04. The van der Waals surface area contributed by atoms with Crippen LogP contribution in [0.15, 0.2) is 42.6 Å². The molecule has 2 rings (SSSR count). The summed E-state index contributed by atoms with van der Waals surface area (Å²) in [7, 11) is 0. The first-order valence-electron chi connectivity index (χ1n) is 5.44. The smallest absolute Gasteiger partial charge is 0.256 e. The Labute approximate surface area is 105 Å². The van der Waals surface area contributed by atoms with Gasteiger partial charge in [-0.2, -0.15) is 5.26 Å². The molecule has 1 amide bonds. The average molecular weight is 237 g/mol. The first-order valence-corrected chi connectivity index (χ1v) is 5.44. The minimum Gasteiger partial charge on any atom is -0.306 e. The van der Waals surface area contributed by atoms with Crippen molar-refractivity contribution in [2.75, 3.05) is 5.32 Å². The van der Waals surface area contributed by atoms with E-state index in [0.717, 1.165) is 5.56 Å². The number of pyridine rings is 1. The van der Waals surface area contributed by atoms with Gasteiger partial charge in [-0.15, -0.1) is 0 Å². The third-order valence-electron chi connectivity index (χ3n) is 2.50. The number of nitriles is 1. The number of nitrogens with one attached hydrogen (secondary N) is 1. The molecule has 4 heteroatoms. The molecule has 1 N–H and O–H groups in total. The highest BCUT2D eigenvalue weighted by Crippen LogP contribution is 2.12. The van der Waals surface area contributed by atoms with Crippen molar-refractivity contribution in [3.8, 4) is 6.07 Å². The van der Waals surface area contributed by atoms with E-state index in [9.17, 15) is 4.79 Å². The van der Waals surface area contributed by atoms with E-state index in [-0.39, 0.29) is 5.91 Å². The van der Waals surface area contributed by atoms with Crippen LogP contribution in [0.2, 0.25) is 0 Å². The van der Waals surface area contributed by atoms with Gasteiger partial charge in [0.15, 0.2) is 0 Å². The molecule has 0 spiro atoms. The van der Waals surface area contributed by atoms with E-state index < -0.39 is 0 Å². The Bertz CT molecular complexity index is 629. The molecule has 0 fully saturated rings. The lowest BCUT2D eigenvalue weighted by Crippen LogP contribution is -2.13. The number of carbonyl (C=O) groups excluding carboxylic acids is 1. The number of aryl methyl sites for hydroxylation is 1. The molecule has 0 saturated heterocycles. The molecule has 2 aromatic rings. The molecule has 0 atom stereocenters. The normalized spacial score (nSPS) is 9.56. The molecule has 1 aromatic heterocycles. The van der Waals surface area contributed by atoms with Crippen LogP contribution in [0.5, 0.6) is 0 Å². The predicted octanol–water partition coefficient (Wildman–Crippen LogP) is 2.51. The molecule has 0 aliphatic heterocycles. The van der Waals surface area contributed by atoms with Crippen LogP contribution in [-0.2, 0) is 0 Å². The van der Waals surface area contributed by atoms with E-state index >= 15 is 0 Å². The van der Waals surface area contributed by atoms with E-state index in [0.29, 0.717) is 16.9 Å². The van der Waals surface area contributed by atoms with E-state index in [4.69, 9.17) is 5.26 Å². The monoisotopic (exact) mass is 237 g/mol. The minimum absolute atomic E-state index is 0.270. The zero-order chi connectivity index (χ0) is 13.0. The van der Waals surface area contributed by atoms with Crippen LogP contribution < -0.4 is 5.32 Å². The van der Waals surface area contributed by atoms with Gasteiger partial charge in [-0.05, 0) is 36.8 Å². The molecule has 88 valence electrons. The van der Waals surface area contributed by atoms with Crippen molar-refractivity contribution in [1.82, 2.24) is 4.98 Å². The maximum atomic E-state index is 12.0. The van der Waals surface area contributed by atoms with Gasteiger partial charge in [0.05, 0.1) is 11.6 Å². The fourth-order valence-electron chi connectivity index (χ4n) is 1.53. The highest BCUT2D eigenvalue weighted by atomic mass is 16.1. The summed E-state index contributed by atoms with van der Waals surface area (Å²) in [5, 5.41) is 11.5. The fourth-order valence-corrected chi connectivity index (χ4v) is 1.53. The Balaban J connectivity index is 2.23. The van der Waals surface area contributed by atoms with Gasteiger partial charge in [0.25, 0.3) is 5.91 Å². The third-order valence-corrected chi connectivity index (χ3v) is 2.50. The quantitative estimate of drug-likeness (QED) is 0.872. The van der Waals surface area contributed by atoms with Crippen LogP contribution in [0.3, 0.4) is 0 Å². The second kappa shape index (κ2) is 5.11. The molecule has 18 heavy (non-hydrogen) atoms. The summed E-state index contributed by atoms with van der Waals surface area (Å²) < 4.78 is 0. The Morgan fingerprint density at radius 2 is 2.17 bits per heavy atom. The topological polar surface area (TPSA) is 65.8 Å². The molecule has 1 aromatic carbocycles. The molecule has 0 aliphatic carbocycles. The van der Waals surface area contributed by atoms with Gasteiger partial charge >= 0.3 is 0 Å². The van der Waals surface area contributed by atoms with Gasteiger partial charge in [-0.1, -0.05) is 12.1 Å². The van der Waals surface area contributed by atoms with Crippen molar-refractivity contribution < 1.29 is 4.79 Å². The lowest BCUT2D eigenvalue weighted by molar-refractivity contribution is 0.102. The summed E-state index contributed by atoms with van der Waals surface area (Å²) in [6.45, 7) is 1.87. The number of hydrogen-bond acceptors (Lipinski definition) is 3. The standard InChI is InChI=1S/C14H11N3O/c1-10-4-3-7-16-13(10)17-14(18)12-6-2-5-11(8-12)9-15/h2-8H,1H3,(H,16,17,18). The van der Waals surface area contributed by atoms with E-state index in [1.54, 1.807) is 36.5 Å². The molecule has 0 radical (unpaired) electrons. The summed E-state index contributed by atoms with van der Waals surface area (Å²) in [6, 6.07) is 12.2. The molecule has 0 unspecified atom stereocenters. The van der Waals surface area contributed by atoms with Crippen molar-refractivity contribution in [1.29, 1.82) is 5.26 Å². The number of nitrogens with zero attached hydrogens (tertiary/aromatic N) is 2. The van der Waals surface area contributed by atoms with Gasteiger partial charge in [0, 0.05) is 11.8 Å². The lowest BCUT2D eigenvalue weighted by Gasteiger charge is -2.06. The van der Waals surface area contributed by atoms with Gasteiger partial charge in [-0.3, -0.25) is 4.79 Å². The number of carbonyl (C=O) groups is 1.